The number of carbonyl (C=O) groups excluding carboxylic acids is 2. The predicted molar refractivity (Wildman–Crippen MR) is 69.7 cm³/mol. The molecule has 1 rings (SSSR count). The first-order chi connectivity index (χ1) is 7.97. The Morgan fingerprint density at radius 2 is 1.94 bits per heavy atom. The fourth-order valence-electron chi connectivity index (χ4n) is 1.26. The maximum absolute atomic E-state index is 11.5. The zero-order valence-corrected chi connectivity index (χ0v) is 12.4. The Balaban J connectivity index is 3.33. The van der Waals surface area contributed by atoms with Crippen molar-refractivity contribution in [2.24, 2.45) is 0 Å². The number of esters is 2. The average molecular weight is 366 g/mol. The Morgan fingerprint density at radius 3 is 2.41 bits per heavy atom. The van der Waals surface area contributed by atoms with E-state index in [0.717, 1.165) is 0 Å². The van der Waals surface area contributed by atoms with E-state index in [1.165, 1.54) is 20.1 Å². The maximum atomic E-state index is 11.5. The van der Waals surface area contributed by atoms with Crippen LogP contribution in [0.25, 0.3) is 0 Å². The molecule has 17 heavy (non-hydrogen) atoms. The van der Waals surface area contributed by atoms with Crippen LogP contribution in [0.3, 0.4) is 0 Å². The van der Waals surface area contributed by atoms with Crippen molar-refractivity contribution in [3.8, 4) is 5.75 Å². The van der Waals surface area contributed by atoms with Crippen LogP contribution in [-0.2, 0) is 9.53 Å². The maximum Gasteiger partial charge on any atom is 0.341 e. The third-order valence-electron chi connectivity index (χ3n) is 1.93. The normalized spacial score (nSPS) is 10.2. The van der Waals surface area contributed by atoms with Crippen molar-refractivity contribution in [1.29, 1.82) is 0 Å². The lowest BCUT2D eigenvalue weighted by Gasteiger charge is -2.13. The molecule has 0 aliphatic rings. The Hall–Kier alpha value is -0.880. The summed E-state index contributed by atoms with van der Waals surface area (Å²) < 4.78 is 9.47. The van der Waals surface area contributed by atoms with Crippen molar-refractivity contribution in [3.05, 3.63) is 29.3 Å². The summed E-state index contributed by atoms with van der Waals surface area (Å²) in [7, 11) is 1.27. The molecule has 0 saturated heterocycles. The van der Waals surface area contributed by atoms with Crippen molar-refractivity contribution in [3.63, 3.8) is 0 Å². The van der Waals surface area contributed by atoms with Gasteiger partial charge in [-0.1, -0.05) is 44.0 Å². The molecule has 0 aromatic heterocycles. The summed E-state index contributed by atoms with van der Waals surface area (Å²) in [4.78, 5) is 22.6. The number of hydrogen-bond acceptors (Lipinski definition) is 4. The summed E-state index contributed by atoms with van der Waals surface area (Å²) >= 11 is 6.60. The van der Waals surface area contributed by atoms with Crippen molar-refractivity contribution in [2.45, 2.75) is 10.7 Å². The van der Waals surface area contributed by atoms with Crippen LogP contribution in [0.4, 0.5) is 0 Å². The molecule has 0 fully saturated rings. The molecule has 92 valence electrons. The highest BCUT2D eigenvalue weighted by atomic mass is 79.9. The fraction of sp³-hybridized carbons (Fsp3) is 0.273. The van der Waals surface area contributed by atoms with Gasteiger partial charge in [-0.25, -0.2) is 4.79 Å². The Morgan fingerprint density at radius 1 is 1.29 bits per heavy atom. The Labute approximate surface area is 116 Å². The number of benzene rings is 1. The van der Waals surface area contributed by atoms with Gasteiger partial charge in [0.15, 0.2) is 5.75 Å². The first-order valence-electron chi connectivity index (χ1n) is 4.65. The molecule has 0 bridgehead atoms. The van der Waals surface area contributed by atoms with Gasteiger partial charge in [-0.15, -0.1) is 0 Å². The van der Waals surface area contributed by atoms with Gasteiger partial charge >= 0.3 is 11.9 Å². The van der Waals surface area contributed by atoms with E-state index in [9.17, 15) is 9.59 Å². The largest absolute Gasteiger partial charge is 0.465 e. The summed E-state index contributed by atoms with van der Waals surface area (Å²) in [6, 6.07) is 4.96. The van der Waals surface area contributed by atoms with Crippen LogP contribution in [0.1, 0.15) is 26.6 Å². The van der Waals surface area contributed by atoms with E-state index < -0.39 is 11.9 Å². The van der Waals surface area contributed by atoms with E-state index in [2.05, 4.69) is 36.6 Å². The zero-order valence-electron chi connectivity index (χ0n) is 9.20. The van der Waals surface area contributed by atoms with E-state index in [-0.39, 0.29) is 15.0 Å². The van der Waals surface area contributed by atoms with Gasteiger partial charge in [0.2, 0.25) is 0 Å². The second-order valence-corrected chi connectivity index (χ2v) is 6.17. The minimum Gasteiger partial charge on any atom is -0.465 e. The van der Waals surface area contributed by atoms with Crippen LogP contribution >= 0.6 is 31.9 Å². The minimum absolute atomic E-state index is 0.200. The van der Waals surface area contributed by atoms with Crippen LogP contribution in [-0.4, -0.2) is 19.0 Å². The summed E-state index contributed by atoms with van der Waals surface area (Å²) in [5.74, 6) is -0.849. The van der Waals surface area contributed by atoms with E-state index in [1.807, 2.05) is 0 Å². The van der Waals surface area contributed by atoms with E-state index >= 15 is 0 Å². The zero-order chi connectivity index (χ0) is 13.0. The lowest BCUT2D eigenvalue weighted by Crippen LogP contribution is -2.11. The molecule has 4 nitrogen and oxygen atoms in total. The third-order valence-corrected chi connectivity index (χ3v) is 2.92. The van der Waals surface area contributed by atoms with E-state index in [4.69, 9.17) is 4.74 Å². The molecule has 0 spiro atoms. The molecular weight excluding hydrogens is 356 g/mol. The van der Waals surface area contributed by atoms with Gasteiger partial charge in [0.05, 0.1) is 10.8 Å². The predicted octanol–water partition coefficient (Wildman–Crippen LogP) is 3.19. The number of methoxy groups -OCH3 is 1. The van der Waals surface area contributed by atoms with Crippen LogP contribution in [0, 0.1) is 0 Å². The molecule has 0 N–H and O–H groups in total. The fourth-order valence-corrected chi connectivity index (χ4v) is 1.98. The van der Waals surface area contributed by atoms with Crippen molar-refractivity contribution in [2.75, 3.05) is 7.11 Å². The Bertz CT molecular complexity index is 443. The van der Waals surface area contributed by atoms with Crippen molar-refractivity contribution < 1.29 is 19.1 Å². The van der Waals surface area contributed by atoms with Gasteiger partial charge in [-0.3, -0.25) is 4.79 Å². The number of alkyl halides is 2. The molecule has 0 atom stereocenters. The topological polar surface area (TPSA) is 52.6 Å². The molecule has 0 heterocycles. The van der Waals surface area contributed by atoms with Gasteiger partial charge in [0.1, 0.15) is 5.56 Å². The second kappa shape index (κ2) is 6.16. The minimum atomic E-state index is -0.552. The smallest absolute Gasteiger partial charge is 0.341 e. The van der Waals surface area contributed by atoms with Crippen LogP contribution in [0.5, 0.6) is 5.75 Å². The molecule has 0 aliphatic heterocycles. The molecule has 1 aromatic carbocycles. The van der Waals surface area contributed by atoms with Gasteiger partial charge < -0.3 is 9.47 Å². The van der Waals surface area contributed by atoms with Crippen LogP contribution < -0.4 is 4.74 Å². The summed E-state index contributed by atoms with van der Waals surface area (Å²) in [6.45, 7) is 1.27. The molecule has 0 saturated carbocycles. The monoisotopic (exact) mass is 364 g/mol. The van der Waals surface area contributed by atoms with Gasteiger partial charge in [0.25, 0.3) is 0 Å². The van der Waals surface area contributed by atoms with E-state index in [0.29, 0.717) is 5.56 Å². The van der Waals surface area contributed by atoms with Crippen molar-refractivity contribution >= 4 is 43.8 Å². The summed E-state index contributed by atoms with van der Waals surface area (Å²) in [6.07, 6.45) is 0. The quantitative estimate of drug-likeness (QED) is 0.469. The molecular formula is C11H10Br2O4. The molecule has 0 amide bonds. The number of rotatable bonds is 3. The standard InChI is InChI=1S/C11H10Br2O4/c1-6(14)17-9-7(10(12)13)4-3-5-8(9)11(15)16-2/h3-5,10H,1-2H3. The lowest BCUT2D eigenvalue weighted by atomic mass is 10.1. The molecule has 0 unspecified atom stereocenters. The first kappa shape index (κ1) is 14.2. The number of halogens is 2. The highest BCUT2D eigenvalue weighted by Crippen LogP contribution is 2.38. The first-order valence-corrected chi connectivity index (χ1v) is 6.48. The number of carbonyl (C=O) groups is 2. The van der Waals surface area contributed by atoms with Crippen LogP contribution in [0.2, 0.25) is 0 Å². The molecule has 1 aromatic rings. The SMILES string of the molecule is COC(=O)c1cccc(C(Br)Br)c1OC(C)=O. The lowest BCUT2D eigenvalue weighted by molar-refractivity contribution is -0.131. The van der Waals surface area contributed by atoms with Crippen molar-refractivity contribution in [1.82, 2.24) is 0 Å². The molecule has 0 aliphatic carbocycles. The number of ether oxygens (including phenoxy) is 2. The van der Waals surface area contributed by atoms with Gasteiger partial charge in [0, 0.05) is 12.5 Å². The highest BCUT2D eigenvalue weighted by Gasteiger charge is 2.20. The second-order valence-electron chi connectivity index (χ2n) is 3.11. The number of hydrogen-bond donors (Lipinski definition) is 0. The third kappa shape index (κ3) is 3.54. The van der Waals surface area contributed by atoms with Gasteiger partial charge in [-0.05, 0) is 6.07 Å². The summed E-state index contributed by atoms with van der Waals surface area (Å²) in [5.41, 5.74) is 0.854. The van der Waals surface area contributed by atoms with Crippen LogP contribution in [0.15, 0.2) is 18.2 Å². The van der Waals surface area contributed by atoms with Gasteiger partial charge in [-0.2, -0.15) is 0 Å². The summed E-state index contributed by atoms with van der Waals surface area (Å²) in [5, 5.41) is 0. The average Bonchev–Trinajstić information content (AvgIpc) is 2.27. The molecule has 6 heteroatoms. The molecule has 0 radical (unpaired) electrons. The Kier molecular flexibility index (Phi) is 5.14. The number of para-hydroxylation sites is 1. The van der Waals surface area contributed by atoms with E-state index in [1.54, 1.807) is 12.1 Å². The highest BCUT2D eigenvalue weighted by molar-refractivity contribution is 9.24.